The number of hydrogen-bond acceptors (Lipinski definition) is 5. The quantitative estimate of drug-likeness (QED) is 0.476. The first-order valence-corrected chi connectivity index (χ1v) is 8.64. The van der Waals surface area contributed by atoms with Gasteiger partial charge < -0.3 is 15.8 Å². The van der Waals surface area contributed by atoms with Gasteiger partial charge in [0.25, 0.3) is 5.91 Å². The number of amides is 1. The van der Waals surface area contributed by atoms with Gasteiger partial charge in [-0.3, -0.25) is 9.59 Å². The number of nitrogens with one attached hydrogen (secondary N) is 1. The number of carbonyl (C=O) groups is 2. The summed E-state index contributed by atoms with van der Waals surface area (Å²) in [5, 5.41) is 2.52. The van der Waals surface area contributed by atoms with E-state index in [1.54, 1.807) is 0 Å². The molecule has 0 radical (unpaired) electrons. The second-order valence-electron chi connectivity index (χ2n) is 5.99. The number of pyridine rings is 1. The summed E-state index contributed by atoms with van der Waals surface area (Å²) in [5.41, 5.74) is 5.51. The minimum atomic E-state index is -0.959. The molecular formula is C19H20F3N3O3. The Hall–Kier alpha value is -2.94. The van der Waals surface area contributed by atoms with E-state index in [-0.39, 0.29) is 12.0 Å². The van der Waals surface area contributed by atoms with Crippen LogP contribution in [0.2, 0.25) is 0 Å². The van der Waals surface area contributed by atoms with Gasteiger partial charge >= 0.3 is 0 Å². The molecule has 1 unspecified atom stereocenters. The zero-order valence-corrected chi connectivity index (χ0v) is 15.0. The Kier molecular flexibility index (Phi) is 7.94. The molecule has 0 fully saturated rings. The van der Waals surface area contributed by atoms with Crippen molar-refractivity contribution >= 4 is 11.7 Å². The highest BCUT2D eigenvalue weighted by Gasteiger charge is 2.23. The summed E-state index contributed by atoms with van der Waals surface area (Å²) in [6, 6.07) is 4.47. The average molecular weight is 395 g/mol. The molecule has 150 valence electrons. The van der Waals surface area contributed by atoms with Crippen molar-refractivity contribution in [2.75, 3.05) is 13.2 Å². The lowest BCUT2D eigenvalue weighted by Gasteiger charge is -2.18. The molecule has 1 atom stereocenters. The number of carbonyl (C=O) groups excluding carboxylic acids is 2. The maximum atomic E-state index is 13.6. The van der Waals surface area contributed by atoms with Crippen molar-refractivity contribution in [1.29, 1.82) is 0 Å². The number of rotatable bonds is 10. The van der Waals surface area contributed by atoms with Crippen molar-refractivity contribution in [3.05, 3.63) is 59.7 Å². The second kappa shape index (κ2) is 10.4. The number of ketones is 1. The van der Waals surface area contributed by atoms with Crippen LogP contribution in [0.25, 0.3) is 0 Å². The van der Waals surface area contributed by atoms with Gasteiger partial charge in [0, 0.05) is 6.20 Å². The zero-order chi connectivity index (χ0) is 20.5. The molecule has 0 spiro atoms. The largest absolute Gasteiger partial charge is 0.480 e. The van der Waals surface area contributed by atoms with Gasteiger partial charge in [-0.1, -0.05) is 6.07 Å². The van der Waals surface area contributed by atoms with Crippen molar-refractivity contribution in [3.8, 4) is 5.75 Å². The molecule has 2 rings (SSSR count). The number of unbranched alkanes of at least 4 members (excludes halogenated alkanes) is 1. The fourth-order valence-corrected chi connectivity index (χ4v) is 2.42. The number of hydrogen-bond donors (Lipinski definition) is 2. The highest BCUT2D eigenvalue weighted by molar-refractivity contribution is 5.98. The van der Waals surface area contributed by atoms with Gasteiger partial charge in [0.2, 0.25) is 5.95 Å². The summed E-state index contributed by atoms with van der Waals surface area (Å²) in [6.45, 7) is -0.221. The van der Waals surface area contributed by atoms with Crippen molar-refractivity contribution in [1.82, 2.24) is 10.3 Å². The van der Waals surface area contributed by atoms with Crippen molar-refractivity contribution in [3.63, 3.8) is 0 Å². The molecule has 0 saturated heterocycles. The fraction of sp³-hybridized carbons (Fsp3) is 0.316. The molecule has 0 saturated carbocycles. The summed E-state index contributed by atoms with van der Waals surface area (Å²) >= 11 is 0. The van der Waals surface area contributed by atoms with E-state index in [0.717, 1.165) is 24.4 Å². The van der Waals surface area contributed by atoms with E-state index in [9.17, 15) is 22.8 Å². The van der Waals surface area contributed by atoms with E-state index in [2.05, 4.69) is 10.3 Å². The summed E-state index contributed by atoms with van der Waals surface area (Å²) < 4.78 is 45.1. The first kappa shape index (κ1) is 21.4. The summed E-state index contributed by atoms with van der Waals surface area (Å²) in [6.07, 6.45) is 2.47. The third-order valence-electron chi connectivity index (χ3n) is 3.91. The van der Waals surface area contributed by atoms with Crippen molar-refractivity contribution < 1.29 is 27.5 Å². The molecule has 1 heterocycles. The van der Waals surface area contributed by atoms with Crippen LogP contribution in [0.3, 0.4) is 0 Å². The smallest absolute Gasteiger partial charge is 0.253 e. The van der Waals surface area contributed by atoms with E-state index in [4.69, 9.17) is 10.5 Å². The topological polar surface area (TPSA) is 94.3 Å². The predicted octanol–water partition coefficient (Wildman–Crippen LogP) is 2.37. The first-order chi connectivity index (χ1) is 13.4. The maximum Gasteiger partial charge on any atom is 0.253 e. The molecule has 28 heavy (non-hydrogen) atoms. The molecule has 0 aliphatic carbocycles. The number of aromatic nitrogens is 1. The number of ether oxygens (including phenoxy) is 1. The molecule has 0 aliphatic heterocycles. The Bertz CT molecular complexity index is 796. The predicted molar refractivity (Wildman–Crippen MR) is 95.2 cm³/mol. The van der Waals surface area contributed by atoms with E-state index >= 15 is 0 Å². The van der Waals surface area contributed by atoms with Gasteiger partial charge in [-0.25, -0.2) is 13.8 Å². The normalized spacial score (nSPS) is 11.7. The molecule has 1 aromatic carbocycles. The molecule has 3 N–H and O–H groups in total. The number of Topliss-reactive ketones (excluding diaryl/α,β-unsaturated/α-hetero) is 1. The number of halogens is 3. The highest BCUT2D eigenvalue weighted by atomic mass is 19.1. The summed E-state index contributed by atoms with van der Waals surface area (Å²) in [7, 11) is 0. The van der Waals surface area contributed by atoms with Gasteiger partial charge in [-0.05, 0) is 50.1 Å². The van der Waals surface area contributed by atoms with E-state index in [0.29, 0.717) is 19.4 Å². The standard InChI is InChI=1S/C19H20F3N3O3/c20-13-4-3-5-14(21)18(13)28-11-16(26)15(6-1-2-9-23)25-19(27)12-7-8-17(22)24-10-12/h3-5,7-8,10,15H,1-2,6,9,11,23H2,(H,25,27). The Labute approximate surface area is 159 Å². The number of nitrogens with zero attached hydrogens (tertiary/aromatic N) is 1. The van der Waals surface area contributed by atoms with Crippen LogP contribution < -0.4 is 15.8 Å². The van der Waals surface area contributed by atoms with Gasteiger partial charge in [-0.15, -0.1) is 0 Å². The molecule has 1 amide bonds. The number of para-hydroxylation sites is 1. The Morgan fingerprint density at radius 2 is 1.82 bits per heavy atom. The van der Waals surface area contributed by atoms with Crippen LogP contribution in [0.15, 0.2) is 36.5 Å². The Morgan fingerprint density at radius 3 is 2.43 bits per heavy atom. The molecule has 6 nitrogen and oxygen atoms in total. The van der Waals surface area contributed by atoms with Crippen LogP contribution in [0.1, 0.15) is 29.6 Å². The summed E-state index contributed by atoms with van der Waals surface area (Å²) in [4.78, 5) is 28.1. The molecule has 0 aliphatic rings. The number of benzene rings is 1. The average Bonchev–Trinajstić information content (AvgIpc) is 2.67. The molecule has 1 aromatic heterocycles. The van der Waals surface area contributed by atoms with Crippen molar-refractivity contribution in [2.24, 2.45) is 5.73 Å². The van der Waals surface area contributed by atoms with Gasteiger partial charge in [0.05, 0.1) is 11.6 Å². The highest BCUT2D eigenvalue weighted by Crippen LogP contribution is 2.21. The van der Waals surface area contributed by atoms with Crippen LogP contribution in [-0.2, 0) is 4.79 Å². The molecule has 2 aromatic rings. The van der Waals surface area contributed by atoms with E-state index in [1.165, 1.54) is 12.1 Å². The minimum absolute atomic E-state index is 0.0686. The molecular weight excluding hydrogens is 375 g/mol. The van der Waals surface area contributed by atoms with Crippen LogP contribution >= 0.6 is 0 Å². The summed E-state index contributed by atoms with van der Waals surface area (Å²) in [5.74, 6) is -4.47. The first-order valence-electron chi connectivity index (χ1n) is 8.64. The minimum Gasteiger partial charge on any atom is -0.480 e. The van der Waals surface area contributed by atoms with E-state index < -0.39 is 47.7 Å². The van der Waals surface area contributed by atoms with Crippen LogP contribution in [0, 0.1) is 17.6 Å². The van der Waals surface area contributed by atoms with Gasteiger partial charge in [-0.2, -0.15) is 4.39 Å². The van der Waals surface area contributed by atoms with Gasteiger partial charge in [0.1, 0.15) is 6.61 Å². The molecule has 9 heteroatoms. The SMILES string of the molecule is NCCCCC(NC(=O)c1ccc(F)nc1)C(=O)COc1c(F)cccc1F. The fourth-order valence-electron chi connectivity index (χ4n) is 2.42. The zero-order valence-electron chi connectivity index (χ0n) is 15.0. The van der Waals surface area contributed by atoms with Crippen molar-refractivity contribution in [2.45, 2.75) is 25.3 Å². The molecule has 0 bridgehead atoms. The van der Waals surface area contributed by atoms with Crippen LogP contribution in [0.5, 0.6) is 5.75 Å². The van der Waals surface area contributed by atoms with Crippen LogP contribution in [-0.4, -0.2) is 35.9 Å². The lowest BCUT2D eigenvalue weighted by molar-refractivity contribution is -0.123. The Balaban J connectivity index is 2.04. The number of nitrogens with two attached hydrogens (primary N) is 1. The lowest BCUT2D eigenvalue weighted by atomic mass is 10.0. The van der Waals surface area contributed by atoms with E-state index in [1.807, 2.05) is 0 Å². The van der Waals surface area contributed by atoms with Gasteiger partial charge in [0.15, 0.2) is 23.2 Å². The maximum absolute atomic E-state index is 13.6. The second-order valence-corrected chi connectivity index (χ2v) is 5.99. The Morgan fingerprint density at radius 1 is 1.11 bits per heavy atom. The van der Waals surface area contributed by atoms with Crippen LogP contribution in [0.4, 0.5) is 13.2 Å². The monoisotopic (exact) mass is 395 g/mol. The third kappa shape index (κ3) is 6.05. The lowest BCUT2D eigenvalue weighted by Crippen LogP contribution is -2.43. The third-order valence-corrected chi connectivity index (χ3v) is 3.91.